The summed E-state index contributed by atoms with van der Waals surface area (Å²) in [6.07, 6.45) is 1.64. The Morgan fingerprint density at radius 2 is 1.60 bits per heavy atom. The summed E-state index contributed by atoms with van der Waals surface area (Å²) in [4.78, 5) is 38.7. The first-order chi connectivity index (χ1) is 14.5. The summed E-state index contributed by atoms with van der Waals surface area (Å²) < 4.78 is 11.5. The molecule has 1 amide bonds. The van der Waals surface area contributed by atoms with Crippen LogP contribution in [0.15, 0.2) is 30.3 Å². The van der Waals surface area contributed by atoms with Crippen LogP contribution >= 0.6 is 11.6 Å². The van der Waals surface area contributed by atoms with E-state index >= 15 is 0 Å². The van der Waals surface area contributed by atoms with Gasteiger partial charge in [-0.1, -0.05) is 26.0 Å². The SMILES string of the molecule is CCCOc1cccc2c1C(=O)c1c(OCCC)cc(NC(=O)CCCl)cc1C2=O. The summed E-state index contributed by atoms with van der Waals surface area (Å²) in [5.41, 5.74) is 1.33. The third-order valence-electron chi connectivity index (χ3n) is 4.60. The van der Waals surface area contributed by atoms with Gasteiger partial charge >= 0.3 is 0 Å². The predicted molar refractivity (Wildman–Crippen MR) is 115 cm³/mol. The van der Waals surface area contributed by atoms with Gasteiger partial charge in [-0.2, -0.15) is 0 Å². The number of fused-ring (bicyclic) bond motifs is 2. The predicted octanol–water partition coefficient (Wildman–Crippen LogP) is 4.61. The summed E-state index contributed by atoms with van der Waals surface area (Å²) >= 11 is 5.63. The molecule has 1 aliphatic rings. The first-order valence-electron chi connectivity index (χ1n) is 10.0. The fourth-order valence-corrected chi connectivity index (χ4v) is 3.46. The Balaban J connectivity index is 2.12. The lowest BCUT2D eigenvalue weighted by Crippen LogP contribution is -2.24. The number of hydrogen-bond acceptors (Lipinski definition) is 5. The van der Waals surface area contributed by atoms with E-state index in [0.29, 0.717) is 24.7 Å². The molecule has 1 aliphatic carbocycles. The third kappa shape index (κ3) is 4.33. The van der Waals surface area contributed by atoms with Crippen molar-refractivity contribution in [3.05, 3.63) is 52.6 Å². The average molecular weight is 430 g/mol. The molecule has 0 heterocycles. The van der Waals surface area contributed by atoms with Crippen molar-refractivity contribution in [2.45, 2.75) is 33.1 Å². The van der Waals surface area contributed by atoms with Crippen LogP contribution in [0.2, 0.25) is 0 Å². The van der Waals surface area contributed by atoms with Gasteiger partial charge in [0.05, 0.1) is 24.3 Å². The zero-order valence-corrected chi connectivity index (χ0v) is 17.8. The van der Waals surface area contributed by atoms with Crippen molar-refractivity contribution in [2.75, 3.05) is 24.4 Å². The maximum absolute atomic E-state index is 13.4. The minimum Gasteiger partial charge on any atom is -0.493 e. The van der Waals surface area contributed by atoms with Gasteiger partial charge in [0.1, 0.15) is 11.5 Å². The highest BCUT2D eigenvalue weighted by molar-refractivity contribution is 6.30. The minimum atomic E-state index is -0.323. The topological polar surface area (TPSA) is 81.7 Å². The molecule has 0 bridgehead atoms. The lowest BCUT2D eigenvalue weighted by Gasteiger charge is -2.23. The first-order valence-corrected chi connectivity index (χ1v) is 10.6. The monoisotopic (exact) mass is 429 g/mol. The Morgan fingerprint density at radius 3 is 2.27 bits per heavy atom. The molecule has 0 saturated carbocycles. The number of halogens is 1. The molecule has 0 radical (unpaired) electrons. The molecular weight excluding hydrogens is 406 g/mol. The number of rotatable bonds is 9. The summed E-state index contributed by atoms with van der Waals surface area (Å²) in [7, 11) is 0. The van der Waals surface area contributed by atoms with E-state index in [2.05, 4.69) is 5.32 Å². The minimum absolute atomic E-state index is 0.137. The number of benzene rings is 2. The number of anilines is 1. The van der Waals surface area contributed by atoms with E-state index < -0.39 is 0 Å². The number of amides is 1. The van der Waals surface area contributed by atoms with Crippen LogP contribution in [0.5, 0.6) is 11.5 Å². The van der Waals surface area contributed by atoms with Gasteiger partial charge in [0.2, 0.25) is 11.7 Å². The van der Waals surface area contributed by atoms with Crippen LogP contribution in [0.4, 0.5) is 5.69 Å². The Kier molecular flexibility index (Phi) is 7.11. The van der Waals surface area contributed by atoms with Crippen molar-refractivity contribution < 1.29 is 23.9 Å². The first kappa shape index (κ1) is 21.8. The van der Waals surface area contributed by atoms with E-state index in [1.807, 2.05) is 13.8 Å². The van der Waals surface area contributed by atoms with Gasteiger partial charge in [-0.15, -0.1) is 11.6 Å². The normalized spacial score (nSPS) is 12.2. The van der Waals surface area contributed by atoms with Crippen molar-refractivity contribution in [3.8, 4) is 11.5 Å². The van der Waals surface area contributed by atoms with Gasteiger partial charge in [-0.3, -0.25) is 14.4 Å². The molecule has 7 heteroatoms. The highest BCUT2D eigenvalue weighted by Crippen LogP contribution is 2.39. The molecule has 2 aromatic rings. The second kappa shape index (κ2) is 9.76. The molecule has 0 fully saturated rings. The van der Waals surface area contributed by atoms with Crippen LogP contribution in [0.1, 0.15) is 65.0 Å². The number of ketones is 2. The van der Waals surface area contributed by atoms with Crippen LogP contribution in [-0.2, 0) is 4.79 Å². The highest BCUT2D eigenvalue weighted by atomic mass is 35.5. The maximum atomic E-state index is 13.4. The Bertz CT molecular complexity index is 986. The lowest BCUT2D eigenvalue weighted by molar-refractivity contribution is -0.115. The van der Waals surface area contributed by atoms with E-state index in [9.17, 15) is 14.4 Å². The molecule has 6 nitrogen and oxygen atoms in total. The summed E-state index contributed by atoms with van der Waals surface area (Å²) in [5.74, 6) is -0.0745. The number of ether oxygens (including phenoxy) is 2. The molecule has 158 valence electrons. The maximum Gasteiger partial charge on any atom is 0.225 e. The van der Waals surface area contributed by atoms with Crippen LogP contribution in [-0.4, -0.2) is 36.6 Å². The van der Waals surface area contributed by atoms with Crippen molar-refractivity contribution in [2.24, 2.45) is 0 Å². The van der Waals surface area contributed by atoms with E-state index in [0.717, 1.165) is 12.8 Å². The molecule has 0 unspecified atom stereocenters. The zero-order valence-electron chi connectivity index (χ0n) is 17.0. The van der Waals surface area contributed by atoms with Crippen molar-refractivity contribution >= 4 is 34.8 Å². The smallest absolute Gasteiger partial charge is 0.225 e. The van der Waals surface area contributed by atoms with E-state index in [4.69, 9.17) is 21.1 Å². The number of nitrogens with one attached hydrogen (secondary N) is 1. The van der Waals surface area contributed by atoms with Crippen LogP contribution in [0, 0.1) is 0 Å². The van der Waals surface area contributed by atoms with Gasteiger partial charge in [0, 0.05) is 35.2 Å². The fourth-order valence-electron chi connectivity index (χ4n) is 3.29. The van der Waals surface area contributed by atoms with Gasteiger partial charge in [0.15, 0.2) is 5.78 Å². The van der Waals surface area contributed by atoms with Crippen LogP contribution in [0.3, 0.4) is 0 Å². The highest BCUT2D eigenvalue weighted by Gasteiger charge is 2.35. The van der Waals surface area contributed by atoms with E-state index in [1.54, 1.807) is 24.3 Å². The Morgan fingerprint density at radius 1 is 0.933 bits per heavy atom. The average Bonchev–Trinajstić information content (AvgIpc) is 2.74. The Labute approximate surface area is 180 Å². The Hall–Kier alpha value is -2.86. The van der Waals surface area contributed by atoms with E-state index in [-0.39, 0.29) is 57.8 Å². The van der Waals surface area contributed by atoms with Crippen LogP contribution in [0.25, 0.3) is 0 Å². The molecule has 2 aromatic carbocycles. The molecule has 0 aliphatic heterocycles. The molecule has 0 aromatic heterocycles. The largest absolute Gasteiger partial charge is 0.493 e. The number of carbonyl (C=O) groups excluding carboxylic acids is 3. The van der Waals surface area contributed by atoms with Crippen molar-refractivity contribution in [1.82, 2.24) is 0 Å². The molecular formula is C23H24ClNO5. The molecule has 0 spiro atoms. The standard InChI is InChI=1S/C23H24ClNO5/c1-3-10-29-17-7-5-6-15-20(17)23(28)21-16(22(15)27)12-14(25-19(26)8-9-24)13-18(21)30-11-4-2/h5-7,12-13H,3-4,8-11H2,1-2H3,(H,25,26). The van der Waals surface area contributed by atoms with Crippen LogP contribution < -0.4 is 14.8 Å². The molecule has 0 atom stereocenters. The summed E-state index contributed by atoms with van der Waals surface area (Å²) in [6.45, 7) is 4.72. The number of alkyl halides is 1. The molecule has 1 N–H and O–H groups in total. The third-order valence-corrected chi connectivity index (χ3v) is 4.79. The van der Waals surface area contributed by atoms with Gasteiger partial charge in [-0.25, -0.2) is 0 Å². The van der Waals surface area contributed by atoms with Crippen molar-refractivity contribution in [3.63, 3.8) is 0 Å². The number of hydrogen-bond donors (Lipinski definition) is 1. The van der Waals surface area contributed by atoms with Crippen molar-refractivity contribution in [1.29, 1.82) is 0 Å². The lowest BCUT2D eigenvalue weighted by atomic mass is 9.82. The summed E-state index contributed by atoms with van der Waals surface area (Å²) in [5, 5.41) is 2.72. The van der Waals surface area contributed by atoms with Gasteiger partial charge in [-0.05, 0) is 25.0 Å². The molecule has 0 saturated heterocycles. The van der Waals surface area contributed by atoms with Gasteiger partial charge < -0.3 is 14.8 Å². The quantitative estimate of drug-likeness (QED) is 0.502. The van der Waals surface area contributed by atoms with Gasteiger partial charge in [0.25, 0.3) is 0 Å². The molecule has 3 rings (SSSR count). The number of carbonyl (C=O) groups is 3. The zero-order chi connectivity index (χ0) is 21.7. The molecule has 30 heavy (non-hydrogen) atoms. The summed E-state index contributed by atoms with van der Waals surface area (Å²) in [6, 6.07) is 8.09. The van der Waals surface area contributed by atoms with E-state index in [1.165, 1.54) is 6.07 Å². The fraction of sp³-hybridized carbons (Fsp3) is 0.348. The second-order valence-electron chi connectivity index (χ2n) is 6.92. The second-order valence-corrected chi connectivity index (χ2v) is 7.30.